The summed E-state index contributed by atoms with van der Waals surface area (Å²) in [6, 6.07) is 7.36. The predicted molar refractivity (Wildman–Crippen MR) is 91.0 cm³/mol. The van der Waals surface area contributed by atoms with Gasteiger partial charge in [0.1, 0.15) is 6.54 Å². The van der Waals surface area contributed by atoms with E-state index < -0.39 is 29.3 Å². The SMILES string of the molecule is CCn1c(NC(=O)Cn2nc(C(F)(F)F)c(Cl)c2C)nc2ccccc21. The van der Waals surface area contributed by atoms with Crippen LogP contribution in [0.5, 0.6) is 0 Å². The van der Waals surface area contributed by atoms with Gasteiger partial charge in [0.05, 0.1) is 21.7 Å². The van der Waals surface area contributed by atoms with Crippen molar-refractivity contribution in [1.82, 2.24) is 19.3 Å². The molecule has 0 radical (unpaired) electrons. The van der Waals surface area contributed by atoms with Crippen LogP contribution in [0.25, 0.3) is 11.0 Å². The van der Waals surface area contributed by atoms with Crippen molar-refractivity contribution < 1.29 is 18.0 Å². The first-order valence-electron chi connectivity index (χ1n) is 7.77. The molecule has 10 heteroatoms. The molecule has 26 heavy (non-hydrogen) atoms. The number of para-hydroxylation sites is 2. The molecule has 2 aromatic heterocycles. The van der Waals surface area contributed by atoms with Crippen LogP contribution in [0.15, 0.2) is 24.3 Å². The summed E-state index contributed by atoms with van der Waals surface area (Å²) < 4.78 is 41.3. The van der Waals surface area contributed by atoms with Gasteiger partial charge in [-0.25, -0.2) is 4.98 Å². The van der Waals surface area contributed by atoms with E-state index in [1.165, 1.54) is 6.92 Å². The van der Waals surface area contributed by atoms with E-state index >= 15 is 0 Å². The van der Waals surface area contributed by atoms with Gasteiger partial charge in [-0.3, -0.25) is 14.8 Å². The summed E-state index contributed by atoms with van der Waals surface area (Å²) in [6.07, 6.45) is -4.68. The molecule has 3 aromatic rings. The van der Waals surface area contributed by atoms with Crippen molar-refractivity contribution in [3.8, 4) is 0 Å². The zero-order valence-corrected chi connectivity index (χ0v) is 14.7. The summed E-state index contributed by atoms with van der Waals surface area (Å²) in [6.45, 7) is 3.44. The molecule has 0 bridgehead atoms. The maximum Gasteiger partial charge on any atom is 0.436 e. The van der Waals surface area contributed by atoms with Crippen LogP contribution in [0.2, 0.25) is 5.02 Å². The molecular weight excluding hydrogens is 371 g/mol. The minimum atomic E-state index is -4.68. The molecule has 1 aromatic carbocycles. The number of imidazole rings is 1. The van der Waals surface area contributed by atoms with E-state index in [2.05, 4.69) is 15.4 Å². The third-order valence-corrected chi connectivity index (χ3v) is 4.37. The lowest BCUT2D eigenvalue weighted by Gasteiger charge is -2.08. The van der Waals surface area contributed by atoms with Crippen molar-refractivity contribution in [2.45, 2.75) is 33.1 Å². The molecule has 0 aliphatic heterocycles. The fraction of sp³-hybridized carbons (Fsp3) is 0.312. The van der Waals surface area contributed by atoms with Crippen molar-refractivity contribution in [2.24, 2.45) is 0 Å². The minimum absolute atomic E-state index is 0.0677. The van der Waals surface area contributed by atoms with E-state index in [0.29, 0.717) is 18.0 Å². The molecule has 1 N–H and O–H groups in total. The van der Waals surface area contributed by atoms with E-state index in [4.69, 9.17) is 11.6 Å². The number of anilines is 1. The third kappa shape index (κ3) is 3.26. The summed E-state index contributed by atoms with van der Waals surface area (Å²) in [4.78, 5) is 16.6. The molecule has 2 heterocycles. The normalized spacial score (nSPS) is 11.9. The molecule has 0 atom stereocenters. The topological polar surface area (TPSA) is 64.7 Å². The van der Waals surface area contributed by atoms with Gasteiger partial charge in [0.25, 0.3) is 0 Å². The maximum absolute atomic E-state index is 12.9. The second kappa shape index (κ2) is 6.64. The Kier molecular flexibility index (Phi) is 4.66. The van der Waals surface area contributed by atoms with E-state index in [1.54, 1.807) is 4.57 Å². The predicted octanol–water partition coefficient (Wildman–Crippen LogP) is 3.87. The largest absolute Gasteiger partial charge is 0.436 e. The van der Waals surface area contributed by atoms with Gasteiger partial charge in [-0.1, -0.05) is 23.7 Å². The Morgan fingerprint density at radius 2 is 2.00 bits per heavy atom. The third-order valence-electron chi connectivity index (χ3n) is 3.92. The maximum atomic E-state index is 12.9. The molecule has 0 unspecified atom stereocenters. The van der Waals surface area contributed by atoms with Crippen molar-refractivity contribution in [1.29, 1.82) is 0 Å². The van der Waals surface area contributed by atoms with Crippen molar-refractivity contribution >= 4 is 34.5 Å². The van der Waals surface area contributed by atoms with Gasteiger partial charge in [0.15, 0.2) is 5.69 Å². The number of aromatic nitrogens is 4. The number of alkyl halides is 3. The molecule has 6 nitrogen and oxygen atoms in total. The molecule has 0 spiro atoms. The summed E-state index contributed by atoms with van der Waals surface area (Å²) >= 11 is 5.69. The van der Waals surface area contributed by atoms with Crippen LogP contribution in [0.3, 0.4) is 0 Å². The zero-order chi connectivity index (χ0) is 19.1. The highest BCUT2D eigenvalue weighted by Gasteiger charge is 2.38. The van der Waals surface area contributed by atoms with Crippen LogP contribution in [0, 0.1) is 6.92 Å². The second-order valence-electron chi connectivity index (χ2n) is 5.62. The van der Waals surface area contributed by atoms with Gasteiger partial charge in [0, 0.05) is 6.54 Å². The number of nitrogens with one attached hydrogen (secondary N) is 1. The first-order valence-corrected chi connectivity index (χ1v) is 8.15. The van der Waals surface area contributed by atoms with E-state index in [1.807, 2.05) is 31.2 Å². The molecule has 0 saturated heterocycles. The zero-order valence-electron chi connectivity index (χ0n) is 13.9. The second-order valence-corrected chi connectivity index (χ2v) is 6.00. The number of benzene rings is 1. The molecular formula is C16H15ClF3N5O. The Balaban J connectivity index is 1.84. The lowest BCUT2D eigenvalue weighted by atomic mass is 10.3. The average molecular weight is 386 g/mol. The van der Waals surface area contributed by atoms with Gasteiger partial charge >= 0.3 is 6.18 Å². The number of hydrogen-bond donors (Lipinski definition) is 1. The Morgan fingerprint density at radius 3 is 2.62 bits per heavy atom. The number of hydrogen-bond acceptors (Lipinski definition) is 3. The molecule has 0 aliphatic carbocycles. The molecule has 138 valence electrons. The summed E-state index contributed by atoms with van der Waals surface area (Å²) in [5.41, 5.74) is 0.425. The number of nitrogens with zero attached hydrogens (tertiary/aromatic N) is 4. The number of aryl methyl sites for hydroxylation is 1. The van der Waals surface area contributed by atoms with E-state index in [0.717, 1.165) is 10.2 Å². The van der Waals surface area contributed by atoms with E-state index in [9.17, 15) is 18.0 Å². The minimum Gasteiger partial charge on any atom is -0.310 e. The highest BCUT2D eigenvalue weighted by atomic mass is 35.5. The van der Waals surface area contributed by atoms with Gasteiger partial charge in [-0.05, 0) is 26.0 Å². The van der Waals surface area contributed by atoms with Crippen LogP contribution in [-0.4, -0.2) is 25.2 Å². The highest BCUT2D eigenvalue weighted by molar-refractivity contribution is 6.32. The van der Waals surface area contributed by atoms with Gasteiger partial charge in [-0.2, -0.15) is 18.3 Å². The molecule has 3 rings (SSSR count). The number of carbonyl (C=O) groups excluding carboxylic acids is 1. The fourth-order valence-corrected chi connectivity index (χ4v) is 2.89. The standard InChI is InChI=1S/C16H15ClF3N5O/c1-3-24-11-7-5-4-6-10(11)21-15(24)22-12(26)8-25-9(2)13(17)14(23-25)16(18,19)20/h4-7H,3,8H2,1-2H3,(H,21,22,26). The van der Waals surface area contributed by atoms with Crippen molar-refractivity contribution in [2.75, 3.05) is 5.32 Å². The highest BCUT2D eigenvalue weighted by Crippen LogP contribution is 2.35. The van der Waals surface area contributed by atoms with Crippen LogP contribution in [0.1, 0.15) is 18.3 Å². The number of rotatable bonds is 4. The van der Waals surface area contributed by atoms with Gasteiger partial charge in [0.2, 0.25) is 11.9 Å². The first-order chi connectivity index (χ1) is 12.2. The summed E-state index contributed by atoms with van der Waals surface area (Å²) in [5, 5.41) is 5.53. The smallest absolute Gasteiger partial charge is 0.310 e. The monoisotopic (exact) mass is 385 g/mol. The summed E-state index contributed by atoms with van der Waals surface area (Å²) in [7, 11) is 0. The van der Waals surface area contributed by atoms with Gasteiger partial charge in [-0.15, -0.1) is 0 Å². The number of carbonyl (C=O) groups is 1. The van der Waals surface area contributed by atoms with Crippen molar-refractivity contribution in [3.63, 3.8) is 0 Å². The lowest BCUT2D eigenvalue weighted by Crippen LogP contribution is -2.22. The van der Waals surface area contributed by atoms with Crippen LogP contribution >= 0.6 is 11.6 Å². The molecule has 0 saturated carbocycles. The van der Waals surface area contributed by atoms with E-state index in [-0.39, 0.29) is 5.69 Å². The lowest BCUT2D eigenvalue weighted by molar-refractivity contribution is -0.141. The quantitative estimate of drug-likeness (QED) is 0.741. The average Bonchev–Trinajstić information content (AvgIpc) is 3.06. The molecule has 0 aliphatic rings. The Bertz CT molecular complexity index is 976. The fourth-order valence-electron chi connectivity index (χ4n) is 2.65. The Morgan fingerprint density at radius 1 is 1.31 bits per heavy atom. The number of amides is 1. The number of halogens is 4. The summed E-state index contributed by atoms with van der Waals surface area (Å²) in [5.74, 6) is -0.225. The van der Waals surface area contributed by atoms with Gasteiger partial charge < -0.3 is 4.57 Å². The van der Waals surface area contributed by atoms with Crippen LogP contribution in [-0.2, 0) is 24.1 Å². The molecule has 1 amide bonds. The number of fused-ring (bicyclic) bond motifs is 1. The van der Waals surface area contributed by atoms with Crippen LogP contribution in [0.4, 0.5) is 19.1 Å². The molecule has 0 fully saturated rings. The van der Waals surface area contributed by atoms with Crippen molar-refractivity contribution in [3.05, 3.63) is 40.7 Å². The van der Waals surface area contributed by atoms with Crippen LogP contribution < -0.4 is 5.32 Å². The Hall–Kier alpha value is -2.55. The Labute approximate surface area is 151 Å². The first kappa shape index (κ1) is 18.2.